The molecule has 2 aromatic heterocycles. The number of aromatic nitrogens is 2. The van der Waals surface area contributed by atoms with Crippen molar-refractivity contribution in [2.45, 2.75) is 129 Å². The molecule has 4 aromatic carbocycles. The SMILES string of the molecule is C1CCCC1.CC(OC(=O)c1ccc2ccccc2c1)C(=O)OC(C)C(=O)OC(C)C(=O)OCc1ccnc(-c2cc(COC(=O)C(C)OC(=O)C(C)OC(=O)C(C)OC(=O)c3ccc4ccccc4c3)ccn2)c1.O=S(=O)(O)C(F)(F)F.[CH3-].[CH3-].[Ru+2]. The Balaban J connectivity index is 0.00000140. The van der Waals surface area contributed by atoms with Crippen LogP contribution in [-0.4, -0.2) is 113 Å². The van der Waals surface area contributed by atoms with E-state index < -0.39 is 100 Å². The Bertz CT molecular complexity index is 3210. The second-order valence-electron chi connectivity index (χ2n) is 18.5. The largest absolute Gasteiger partial charge is 2.00 e. The molecule has 0 spiro atoms. The van der Waals surface area contributed by atoms with Crippen LogP contribution in [0.3, 0.4) is 0 Å². The first-order chi connectivity index (χ1) is 39.2. The van der Waals surface area contributed by atoms with Crippen molar-refractivity contribution >= 4 is 79.4 Å². The molecule has 0 bridgehead atoms. The van der Waals surface area contributed by atoms with Crippen LogP contribution in [0.15, 0.2) is 122 Å². The summed E-state index contributed by atoms with van der Waals surface area (Å²) in [5.41, 5.74) is -3.35. The maximum Gasteiger partial charge on any atom is 2.00 e. The summed E-state index contributed by atoms with van der Waals surface area (Å²) in [6.45, 7) is 7.14. The normalized spacial score (nSPS) is 13.7. The first-order valence-corrected chi connectivity index (χ1v) is 27.1. The molecule has 2 heterocycles. The van der Waals surface area contributed by atoms with Gasteiger partial charge in [-0.15, -0.1) is 0 Å². The van der Waals surface area contributed by atoms with E-state index in [-0.39, 0.29) is 58.7 Å². The Morgan fingerprint density at radius 2 is 0.733 bits per heavy atom. The van der Waals surface area contributed by atoms with Crippen LogP contribution in [0, 0.1) is 14.9 Å². The molecule has 1 N–H and O–H groups in total. The summed E-state index contributed by atoms with van der Waals surface area (Å²) in [5.74, 6) is -7.40. The number of rotatable bonds is 19. The van der Waals surface area contributed by atoms with Crippen molar-refractivity contribution in [3.8, 4) is 11.4 Å². The van der Waals surface area contributed by atoms with Gasteiger partial charge in [0.05, 0.1) is 22.5 Å². The maximum absolute atomic E-state index is 12.8. The summed E-state index contributed by atoms with van der Waals surface area (Å²) in [6, 6.07) is 31.1. The molecule has 1 aliphatic rings. The zero-order chi connectivity index (χ0) is 61.0. The minimum absolute atomic E-state index is 0. The topological polar surface area (TPSA) is 291 Å². The van der Waals surface area contributed by atoms with Crippen LogP contribution in [0.2, 0.25) is 0 Å². The van der Waals surface area contributed by atoms with Gasteiger partial charge in [0.2, 0.25) is 0 Å². The number of fused-ring (bicyclic) bond motifs is 2. The molecule has 6 aromatic rings. The quantitative estimate of drug-likeness (QED) is 0.0197. The van der Waals surface area contributed by atoms with Crippen molar-refractivity contribution in [3.05, 3.63) is 159 Å². The van der Waals surface area contributed by atoms with Gasteiger partial charge in [-0.3, -0.25) is 14.5 Å². The number of esters is 8. The molecule has 7 rings (SSSR count). The van der Waals surface area contributed by atoms with Crippen LogP contribution >= 0.6 is 0 Å². The smallest absolute Gasteiger partial charge is 0.458 e. The second-order valence-corrected chi connectivity index (χ2v) is 20.0. The first-order valence-electron chi connectivity index (χ1n) is 25.7. The molecular formula is C60H65F3N2O19RuS. The minimum atomic E-state index is -5.84. The van der Waals surface area contributed by atoms with Gasteiger partial charge in [-0.1, -0.05) is 92.8 Å². The zero-order valence-electron chi connectivity index (χ0n) is 48.0. The van der Waals surface area contributed by atoms with Gasteiger partial charge < -0.3 is 52.7 Å². The van der Waals surface area contributed by atoms with Gasteiger partial charge in [-0.25, -0.2) is 38.4 Å². The molecule has 464 valence electrons. The van der Waals surface area contributed by atoms with E-state index in [1.54, 1.807) is 60.7 Å². The van der Waals surface area contributed by atoms with E-state index in [2.05, 4.69) is 9.97 Å². The number of benzene rings is 4. The van der Waals surface area contributed by atoms with Crippen LogP contribution in [0.25, 0.3) is 32.9 Å². The summed E-state index contributed by atoms with van der Waals surface area (Å²) < 4.78 is 99.3. The van der Waals surface area contributed by atoms with Crippen molar-refractivity contribution < 1.29 is 122 Å². The average Bonchev–Trinajstić information content (AvgIpc) is 2.61. The molecule has 21 nitrogen and oxygen atoms in total. The molecule has 1 saturated carbocycles. The fourth-order valence-corrected chi connectivity index (χ4v) is 7.29. The molecule has 26 heteroatoms. The van der Waals surface area contributed by atoms with Gasteiger partial charge in [0.25, 0.3) is 0 Å². The van der Waals surface area contributed by atoms with Gasteiger partial charge in [0.1, 0.15) is 13.2 Å². The summed E-state index contributed by atoms with van der Waals surface area (Å²) in [7, 11) is -5.84. The fourth-order valence-electron chi connectivity index (χ4n) is 7.29. The molecule has 1 aliphatic carbocycles. The summed E-state index contributed by atoms with van der Waals surface area (Å²) in [6.07, 6.45) is 2.02. The predicted molar refractivity (Wildman–Crippen MR) is 300 cm³/mol. The first kappa shape index (κ1) is 73.9. The molecular weight excluding hydrogens is 1240 g/mol. The van der Waals surface area contributed by atoms with E-state index in [9.17, 15) is 51.5 Å². The molecule has 1 fully saturated rings. The van der Waals surface area contributed by atoms with E-state index >= 15 is 0 Å². The summed E-state index contributed by atoms with van der Waals surface area (Å²) in [4.78, 5) is 110. The molecule has 0 radical (unpaired) electrons. The number of halogens is 3. The number of hydrogen-bond acceptors (Lipinski definition) is 20. The molecule has 0 saturated heterocycles. The van der Waals surface area contributed by atoms with E-state index in [0.29, 0.717) is 22.5 Å². The van der Waals surface area contributed by atoms with Gasteiger partial charge in [0, 0.05) is 12.4 Å². The molecule has 86 heavy (non-hydrogen) atoms. The van der Waals surface area contributed by atoms with Gasteiger partial charge >= 0.3 is 82.9 Å². The standard InChI is InChI=1S/C52H48N2O16.C5H10.CHF3O3S.2CH3.Ru/c1-29(65-47(57)31(3)67-49(59)33(5)69-51(61)41-17-15-37-11-7-9-13-39(37)25-41)45(55)63-27-35-19-21-53-43(23-35)44-24-36(20-22-54-44)28-64-46(56)30(2)66-48(58)32(4)68-50(60)34(6)70-52(62)42-18-16-38-12-8-10-14-40(38)26-42;1-2-4-5-3-1;2-1(3,4)8(5,6)7;;;/h7-26,29-34H,27-28H2,1-6H3;1-5H2;(H,5,6,7);2*1H3;/q;;;2*-1;+2. The van der Waals surface area contributed by atoms with Crippen molar-refractivity contribution in [1.29, 1.82) is 0 Å². The number of carbonyl (C=O) groups excluding carboxylic acids is 8. The third kappa shape index (κ3) is 23.0. The zero-order valence-corrected chi connectivity index (χ0v) is 50.6. The molecule has 6 unspecified atom stereocenters. The number of hydrogen-bond donors (Lipinski definition) is 1. The number of ether oxygens (including phenoxy) is 8. The van der Waals surface area contributed by atoms with E-state index in [1.807, 2.05) is 48.5 Å². The third-order valence-corrected chi connectivity index (χ3v) is 12.5. The van der Waals surface area contributed by atoms with Crippen molar-refractivity contribution in [2.24, 2.45) is 0 Å². The average molecular weight is 1310 g/mol. The maximum atomic E-state index is 12.8. The van der Waals surface area contributed by atoms with Crippen molar-refractivity contribution in [3.63, 3.8) is 0 Å². The minimum Gasteiger partial charge on any atom is -0.458 e. The Labute approximate surface area is 508 Å². The van der Waals surface area contributed by atoms with Gasteiger partial charge in [-0.2, -0.15) is 21.6 Å². The van der Waals surface area contributed by atoms with E-state index in [0.717, 1.165) is 21.5 Å². The second kappa shape index (κ2) is 34.7. The van der Waals surface area contributed by atoms with Crippen LogP contribution in [0.1, 0.15) is 105 Å². The number of alkyl halides is 3. The van der Waals surface area contributed by atoms with Crippen molar-refractivity contribution in [2.75, 3.05) is 0 Å². The van der Waals surface area contributed by atoms with Crippen LogP contribution in [-0.2, 0) is 109 Å². The van der Waals surface area contributed by atoms with E-state index in [1.165, 1.54) is 86.0 Å². The van der Waals surface area contributed by atoms with E-state index in [4.69, 9.17) is 50.9 Å². The third-order valence-electron chi connectivity index (χ3n) is 11.9. The Morgan fingerprint density at radius 3 is 1.03 bits per heavy atom. The summed E-state index contributed by atoms with van der Waals surface area (Å²) in [5, 5.41) is 3.45. The monoisotopic (exact) mass is 1310 g/mol. The predicted octanol–water partition coefficient (Wildman–Crippen LogP) is 10.00. The van der Waals surface area contributed by atoms with Crippen LogP contribution in [0.5, 0.6) is 0 Å². The number of pyridine rings is 2. The van der Waals surface area contributed by atoms with Crippen LogP contribution < -0.4 is 0 Å². The molecule has 0 amide bonds. The molecule has 0 aliphatic heterocycles. The Hall–Kier alpha value is -8.22. The van der Waals surface area contributed by atoms with Gasteiger partial charge in [-0.05, 0) is 123 Å². The fraction of sp³-hybridized carbons (Fsp3) is 0.333. The Kier molecular flexibility index (Phi) is 29.8. The molecule has 6 atom stereocenters. The Morgan fingerprint density at radius 1 is 0.453 bits per heavy atom. The number of carbonyl (C=O) groups is 8. The van der Waals surface area contributed by atoms with Gasteiger partial charge in [0.15, 0.2) is 36.6 Å². The summed E-state index contributed by atoms with van der Waals surface area (Å²) >= 11 is 0. The number of nitrogens with zero attached hydrogens (tertiary/aromatic N) is 2. The van der Waals surface area contributed by atoms with Crippen LogP contribution in [0.4, 0.5) is 13.2 Å². The van der Waals surface area contributed by atoms with Crippen molar-refractivity contribution in [1.82, 2.24) is 9.97 Å².